The lowest BCUT2D eigenvalue weighted by Gasteiger charge is -2.23. The van der Waals surface area contributed by atoms with E-state index in [1.165, 1.54) is 24.1 Å². The monoisotopic (exact) mass is 416 g/mol. The number of benzene rings is 1. The summed E-state index contributed by atoms with van der Waals surface area (Å²) in [4.78, 5) is 34.9. The number of hydrogen-bond donors (Lipinski definition) is 1. The maximum absolute atomic E-state index is 12.3. The molecular formula is C21H28N4O5. The van der Waals surface area contributed by atoms with Gasteiger partial charge in [0.1, 0.15) is 17.9 Å². The molecule has 1 aromatic carbocycles. The number of rotatable bonds is 9. The minimum atomic E-state index is -0.695. The van der Waals surface area contributed by atoms with Crippen molar-refractivity contribution >= 4 is 17.6 Å². The van der Waals surface area contributed by atoms with Gasteiger partial charge in [0.25, 0.3) is 5.91 Å². The molecule has 30 heavy (non-hydrogen) atoms. The van der Waals surface area contributed by atoms with E-state index in [-0.39, 0.29) is 35.6 Å². The Balaban J connectivity index is 1.94. The Morgan fingerprint density at radius 3 is 2.37 bits per heavy atom. The number of nitro groups is 1. The number of nitrogens with zero attached hydrogens (tertiary/aromatic N) is 3. The molecule has 1 amide bonds. The van der Waals surface area contributed by atoms with Gasteiger partial charge in [0, 0.05) is 0 Å². The number of carbonyl (C=O) groups excluding carboxylic acids is 2. The Kier molecular flexibility index (Phi) is 7.68. The van der Waals surface area contributed by atoms with E-state index in [0.29, 0.717) is 0 Å². The summed E-state index contributed by atoms with van der Waals surface area (Å²) in [6.07, 6.45) is 0.938. The number of aryl methyl sites for hydroxylation is 2. The van der Waals surface area contributed by atoms with Crippen molar-refractivity contribution in [2.45, 2.75) is 53.6 Å². The summed E-state index contributed by atoms with van der Waals surface area (Å²) >= 11 is 0. The van der Waals surface area contributed by atoms with Crippen LogP contribution in [0.1, 0.15) is 49.3 Å². The fourth-order valence-corrected chi connectivity index (χ4v) is 3.23. The highest BCUT2D eigenvalue weighted by Gasteiger charge is 2.24. The lowest BCUT2D eigenvalue weighted by atomic mass is 9.95. The van der Waals surface area contributed by atoms with Gasteiger partial charge in [0.15, 0.2) is 6.61 Å². The van der Waals surface area contributed by atoms with Gasteiger partial charge in [-0.3, -0.25) is 24.4 Å². The molecule has 0 saturated carbocycles. The second-order valence-corrected chi connectivity index (χ2v) is 7.48. The first kappa shape index (κ1) is 23.1. The average Bonchev–Trinajstić information content (AvgIpc) is 2.97. The van der Waals surface area contributed by atoms with Crippen LogP contribution >= 0.6 is 0 Å². The van der Waals surface area contributed by atoms with Crippen LogP contribution in [0, 0.1) is 29.9 Å². The molecule has 0 aliphatic rings. The molecule has 9 nitrogen and oxygen atoms in total. The zero-order valence-corrected chi connectivity index (χ0v) is 18.0. The summed E-state index contributed by atoms with van der Waals surface area (Å²) < 4.78 is 6.25. The largest absolute Gasteiger partial charge is 0.454 e. The quantitative estimate of drug-likeness (QED) is 0.381. The maximum Gasteiger partial charge on any atom is 0.328 e. The number of esters is 1. The smallest absolute Gasteiger partial charge is 0.328 e. The molecule has 1 heterocycles. The van der Waals surface area contributed by atoms with E-state index in [0.717, 1.165) is 12.0 Å². The van der Waals surface area contributed by atoms with Crippen LogP contribution in [0.15, 0.2) is 24.3 Å². The van der Waals surface area contributed by atoms with Crippen molar-refractivity contribution in [2.24, 2.45) is 5.92 Å². The fraction of sp³-hybridized carbons (Fsp3) is 0.476. The summed E-state index contributed by atoms with van der Waals surface area (Å²) in [5.74, 6) is -0.965. The third-order valence-corrected chi connectivity index (χ3v) is 4.90. The topological polar surface area (TPSA) is 116 Å². The summed E-state index contributed by atoms with van der Waals surface area (Å²) in [5.41, 5.74) is 2.54. The van der Waals surface area contributed by atoms with Gasteiger partial charge in [-0.25, -0.2) is 0 Å². The van der Waals surface area contributed by atoms with E-state index in [1.807, 2.05) is 38.1 Å². The zero-order chi connectivity index (χ0) is 22.4. The maximum atomic E-state index is 12.3. The van der Waals surface area contributed by atoms with Crippen LogP contribution in [0.3, 0.4) is 0 Å². The van der Waals surface area contributed by atoms with Crippen molar-refractivity contribution < 1.29 is 19.2 Å². The van der Waals surface area contributed by atoms with Crippen molar-refractivity contribution in [3.8, 4) is 0 Å². The van der Waals surface area contributed by atoms with Crippen LogP contribution in [0.5, 0.6) is 0 Å². The third-order valence-electron chi connectivity index (χ3n) is 4.90. The molecule has 0 radical (unpaired) electrons. The first-order chi connectivity index (χ1) is 14.1. The van der Waals surface area contributed by atoms with E-state index in [4.69, 9.17) is 4.74 Å². The van der Waals surface area contributed by atoms with Crippen molar-refractivity contribution in [2.75, 3.05) is 6.61 Å². The molecule has 162 valence electrons. The third kappa shape index (κ3) is 5.65. The Morgan fingerprint density at radius 1 is 1.23 bits per heavy atom. The van der Waals surface area contributed by atoms with Gasteiger partial charge in [-0.2, -0.15) is 5.10 Å². The van der Waals surface area contributed by atoms with Crippen molar-refractivity contribution in [1.82, 2.24) is 15.1 Å². The molecule has 2 aromatic rings. The molecule has 0 spiro atoms. The second kappa shape index (κ2) is 10.00. The summed E-state index contributed by atoms with van der Waals surface area (Å²) in [5, 5.41) is 17.9. The fourth-order valence-electron chi connectivity index (χ4n) is 3.23. The van der Waals surface area contributed by atoms with Gasteiger partial charge in [0.2, 0.25) is 0 Å². The molecule has 2 rings (SSSR count). The molecule has 0 unspecified atom stereocenters. The van der Waals surface area contributed by atoms with Crippen molar-refractivity contribution in [3.05, 3.63) is 56.9 Å². The van der Waals surface area contributed by atoms with Crippen molar-refractivity contribution in [3.63, 3.8) is 0 Å². The van der Waals surface area contributed by atoms with Gasteiger partial charge in [-0.15, -0.1) is 0 Å². The molecule has 0 saturated heterocycles. The molecule has 1 aromatic heterocycles. The van der Waals surface area contributed by atoms with Crippen LogP contribution in [0.2, 0.25) is 0 Å². The molecule has 1 atom stereocenters. The summed E-state index contributed by atoms with van der Waals surface area (Å²) in [6.45, 7) is 8.35. The molecule has 0 fully saturated rings. The molecule has 0 aliphatic carbocycles. The number of carbonyl (C=O) groups is 2. The lowest BCUT2D eigenvalue weighted by Crippen LogP contribution is -2.35. The van der Waals surface area contributed by atoms with E-state index < -0.39 is 23.4 Å². The number of hydrogen-bond acceptors (Lipinski definition) is 6. The van der Waals surface area contributed by atoms with E-state index in [1.54, 1.807) is 0 Å². The normalized spacial score (nSPS) is 11.9. The zero-order valence-electron chi connectivity index (χ0n) is 18.0. The Morgan fingerprint density at radius 2 is 1.87 bits per heavy atom. The van der Waals surface area contributed by atoms with Crippen LogP contribution in [0.4, 0.5) is 5.69 Å². The van der Waals surface area contributed by atoms with Crippen molar-refractivity contribution in [1.29, 1.82) is 0 Å². The minimum absolute atomic E-state index is 0.130. The Hall–Kier alpha value is -3.23. The molecular weight excluding hydrogens is 388 g/mol. The highest BCUT2D eigenvalue weighted by molar-refractivity contribution is 5.80. The van der Waals surface area contributed by atoms with Gasteiger partial charge < -0.3 is 10.1 Å². The highest BCUT2D eigenvalue weighted by atomic mass is 16.6. The van der Waals surface area contributed by atoms with Crippen LogP contribution in [0.25, 0.3) is 0 Å². The molecule has 9 heteroatoms. The second-order valence-electron chi connectivity index (χ2n) is 7.48. The first-order valence-electron chi connectivity index (χ1n) is 9.86. The molecule has 0 aliphatic heterocycles. The number of amides is 1. The highest BCUT2D eigenvalue weighted by Crippen LogP contribution is 2.23. The standard InChI is InChI=1S/C21H28N4O5/c1-6-16-7-9-17(10-8-16)20(13(2)3)22-18(26)12-30-19(27)11-24-15(5)21(25(28)29)14(4)23-24/h7-10,13,20H,6,11-12H2,1-5H3,(H,22,26)/t20-/m1/s1. The number of nitrogens with one attached hydrogen (secondary N) is 1. The Bertz CT molecular complexity index is 918. The predicted octanol–water partition coefficient (Wildman–Crippen LogP) is 3.03. The molecule has 1 N–H and O–H groups in total. The molecule has 0 bridgehead atoms. The van der Waals surface area contributed by atoms with Crippen LogP contribution in [-0.2, 0) is 27.3 Å². The number of ether oxygens (including phenoxy) is 1. The first-order valence-corrected chi connectivity index (χ1v) is 9.86. The van der Waals surface area contributed by atoms with Gasteiger partial charge in [-0.1, -0.05) is 45.0 Å². The van der Waals surface area contributed by atoms with Gasteiger partial charge in [0.05, 0.1) is 11.0 Å². The van der Waals surface area contributed by atoms with Crippen LogP contribution in [-0.4, -0.2) is 33.2 Å². The van der Waals surface area contributed by atoms with E-state index in [9.17, 15) is 19.7 Å². The van der Waals surface area contributed by atoms with E-state index >= 15 is 0 Å². The average molecular weight is 416 g/mol. The minimum Gasteiger partial charge on any atom is -0.454 e. The lowest BCUT2D eigenvalue weighted by molar-refractivity contribution is -0.386. The SMILES string of the molecule is CCc1ccc([C@H](NC(=O)COC(=O)Cn2nc(C)c([N+](=O)[O-])c2C)C(C)C)cc1. The van der Waals surface area contributed by atoms with E-state index in [2.05, 4.69) is 17.3 Å². The Labute approximate surface area is 175 Å². The number of aromatic nitrogens is 2. The van der Waals surface area contributed by atoms with Crippen LogP contribution < -0.4 is 5.32 Å². The van der Waals surface area contributed by atoms with Gasteiger partial charge in [-0.05, 0) is 37.3 Å². The van der Waals surface area contributed by atoms with Gasteiger partial charge >= 0.3 is 11.7 Å². The summed E-state index contributed by atoms with van der Waals surface area (Å²) in [7, 11) is 0. The predicted molar refractivity (Wildman–Crippen MR) is 111 cm³/mol. The summed E-state index contributed by atoms with van der Waals surface area (Å²) in [6, 6.07) is 7.84.